The third kappa shape index (κ3) is 3.25. The molecule has 0 amide bonds. The molecule has 1 saturated heterocycles. The third-order valence-corrected chi connectivity index (χ3v) is 3.51. The standard InChI is InChI=1S/C12H26NO/c1-3-5-8-13(9-6-4-2)10-7-12(14)11-13/h12,14H,3-11H2,1-2H3/q+1. The van der Waals surface area contributed by atoms with Gasteiger partial charge in [0, 0.05) is 6.42 Å². The van der Waals surface area contributed by atoms with E-state index in [1.165, 1.54) is 49.8 Å². The lowest BCUT2D eigenvalue weighted by molar-refractivity contribution is -0.918. The fourth-order valence-corrected chi connectivity index (χ4v) is 2.56. The Morgan fingerprint density at radius 3 is 2.07 bits per heavy atom. The first-order chi connectivity index (χ1) is 6.72. The number of aliphatic hydroxyl groups is 1. The van der Waals surface area contributed by atoms with Crippen LogP contribution in [0.1, 0.15) is 46.0 Å². The fraction of sp³-hybridized carbons (Fsp3) is 1.00. The summed E-state index contributed by atoms with van der Waals surface area (Å²) in [7, 11) is 0. The van der Waals surface area contributed by atoms with E-state index in [1.807, 2.05) is 0 Å². The van der Waals surface area contributed by atoms with E-state index in [9.17, 15) is 5.11 Å². The molecular weight excluding hydrogens is 174 g/mol. The minimum atomic E-state index is -0.0243. The number of hydrogen-bond acceptors (Lipinski definition) is 1. The van der Waals surface area contributed by atoms with Crippen molar-refractivity contribution in [2.75, 3.05) is 26.2 Å². The third-order valence-electron chi connectivity index (χ3n) is 3.51. The molecule has 84 valence electrons. The largest absolute Gasteiger partial charge is 0.387 e. The lowest BCUT2D eigenvalue weighted by Gasteiger charge is -2.34. The normalized spacial score (nSPS) is 25.5. The fourth-order valence-electron chi connectivity index (χ4n) is 2.56. The van der Waals surface area contributed by atoms with Gasteiger partial charge in [0.05, 0.1) is 19.6 Å². The molecular formula is C12H26NO+. The Morgan fingerprint density at radius 2 is 1.71 bits per heavy atom. The first-order valence-electron chi connectivity index (χ1n) is 6.25. The molecule has 0 saturated carbocycles. The second-order valence-corrected chi connectivity index (χ2v) is 4.84. The molecule has 0 aliphatic carbocycles. The molecule has 0 aromatic carbocycles. The lowest BCUT2D eigenvalue weighted by Crippen LogP contribution is -2.47. The minimum absolute atomic E-state index is 0.0243. The van der Waals surface area contributed by atoms with Gasteiger partial charge in [-0.15, -0.1) is 0 Å². The van der Waals surface area contributed by atoms with Gasteiger partial charge in [0.1, 0.15) is 12.6 Å². The molecule has 0 aromatic heterocycles. The highest BCUT2D eigenvalue weighted by atomic mass is 16.3. The van der Waals surface area contributed by atoms with E-state index < -0.39 is 0 Å². The van der Waals surface area contributed by atoms with Crippen LogP contribution in [-0.4, -0.2) is 41.9 Å². The van der Waals surface area contributed by atoms with Crippen molar-refractivity contribution in [3.8, 4) is 0 Å². The molecule has 1 aliphatic rings. The Hall–Kier alpha value is -0.0800. The van der Waals surface area contributed by atoms with Gasteiger partial charge in [-0.3, -0.25) is 0 Å². The molecule has 1 N–H and O–H groups in total. The van der Waals surface area contributed by atoms with Crippen molar-refractivity contribution >= 4 is 0 Å². The summed E-state index contributed by atoms with van der Waals surface area (Å²) in [5, 5.41) is 9.65. The maximum Gasteiger partial charge on any atom is 0.108 e. The molecule has 0 aromatic rings. The molecule has 0 spiro atoms. The smallest absolute Gasteiger partial charge is 0.108 e. The van der Waals surface area contributed by atoms with E-state index in [0.717, 1.165) is 13.0 Å². The first-order valence-corrected chi connectivity index (χ1v) is 6.25. The molecule has 1 atom stereocenters. The van der Waals surface area contributed by atoms with Crippen LogP contribution in [0.5, 0.6) is 0 Å². The summed E-state index contributed by atoms with van der Waals surface area (Å²) in [6.45, 7) is 9.30. The van der Waals surface area contributed by atoms with Crippen LogP contribution >= 0.6 is 0 Å². The van der Waals surface area contributed by atoms with Crippen LogP contribution in [0.3, 0.4) is 0 Å². The van der Waals surface area contributed by atoms with Crippen LogP contribution in [0.25, 0.3) is 0 Å². The van der Waals surface area contributed by atoms with Gasteiger partial charge in [0.15, 0.2) is 0 Å². The minimum Gasteiger partial charge on any atom is -0.387 e. The predicted molar refractivity (Wildman–Crippen MR) is 60.2 cm³/mol. The Bertz CT molecular complexity index is 150. The van der Waals surface area contributed by atoms with Crippen molar-refractivity contribution in [2.24, 2.45) is 0 Å². The molecule has 1 rings (SSSR count). The topological polar surface area (TPSA) is 20.2 Å². The Morgan fingerprint density at radius 1 is 1.14 bits per heavy atom. The van der Waals surface area contributed by atoms with E-state index >= 15 is 0 Å². The summed E-state index contributed by atoms with van der Waals surface area (Å²) < 4.78 is 1.20. The zero-order valence-electron chi connectivity index (χ0n) is 9.84. The van der Waals surface area contributed by atoms with E-state index in [1.54, 1.807) is 0 Å². The highest BCUT2D eigenvalue weighted by molar-refractivity contribution is 4.64. The van der Waals surface area contributed by atoms with Crippen molar-refractivity contribution in [3.63, 3.8) is 0 Å². The van der Waals surface area contributed by atoms with Gasteiger partial charge in [-0.2, -0.15) is 0 Å². The predicted octanol–water partition coefficient (Wildman–Crippen LogP) is 2.17. The number of aliphatic hydroxyl groups excluding tert-OH is 1. The number of hydrogen-bond donors (Lipinski definition) is 1. The number of nitrogens with zero attached hydrogens (tertiary/aromatic N) is 1. The van der Waals surface area contributed by atoms with Gasteiger partial charge in [-0.25, -0.2) is 0 Å². The molecule has 1 fully saturated rings. The van der Waals surface area contributed by atoms with Crippen molar-refractivity contribution < 1.29 is 9.59 Å². The zero-order valence-corrected chi connectivity index (χ0v) is 9.84. The van der Waals surface area contributed by atoms with Gasteiger partial charge in [-0.1, -0.05) is 26.7 Å². The summed E-state index contributed by atoms with van der Waals surface area (Å²) in [4.78, 5) is 0. The molecule has 1 unspecified atom stereocenters. The average Bonchev–Trinajstić information content (AvgIpc) is 2.55. The van der Waals surface area contributed by atoms with Crippen molar-refractivity contribution in [3.05, 3.63) is 0 Å². The molecule has 2 nitrogen and oxygen atoms in total. The molecule has 14 heavy (non-hydrogen) atoms. The summed E-state index contributed by atoms with van der Waals surface area (Å²) in [5.41, 5.74) is 0. The van der Waals surface area contributed by atoms with Crippen LogP contribution in [0, 0.1) is 0 Å². The van der Waals surface area contributed by atoms with Gasteiger partial charge < -0.3 is 9.59 Å². The summed E-state index contributed by atoms with van der Waals surface area (Å²) >= 11 is 0. The first kappa shape index (κ1) is 12.0. The van der Waals surface area contributed by atoms with E-state index in [2.05, 4.69) is 13.8 Å². The lowest BCUT2D eigenvalue weighted by atomic mass is 10.2. The molecule has 1 heterocycles. The molecule has 0 bridgehead atoms. The molecule has 2 heteroatoms. The number of unbranched alkanes of at least 4 members (excludes halogenated alkanes) is 2. The van der Waals surface area contributed by atoms with Crippen LogP contribution in [0.15, 0.2) is 0 Å². The Kier molecular flexibility index (Phi) is 4.90. The monoisotopic (exact) mass is 200 g/mol. The van der Waals surface area contributed by atoms with Gasteiger partial charge >= 0.3 is 0 Å². The highest BCUT2D eigenvalue weighted by Gasteiger charge is 2.35. The van der Waals surface area contributed by atoms with Gasteiger partial charge in [-0.05, 0) is 12.8 Å². The summed E-state index contributed by atoms with van der Waals surface area (Å²) in [6, 6.07) is 0. The second-order valence-electron chi connectivity index (χ2n) is 4.84. The SMILES string of the molecule is CCCC[N+]1(CCCC)CCC(O)C1. The zero-order chi connectivity index (χ0) is 10.4. The average molecular weight is 200 g/mol. The van der Waals surface area contributed by atoms with Crippen LogP contribution < -0.4 is 0 Å². The number of quaternary nitrogens is 1. The Labute approximate surface area is 88.5 Å². The number of rotatable bonds is 6. The van der Waals surface area contributed by atoms with Crippen molar-refractivity contribution in [1.29, 1.82) is 0 Å². The van der Waals surface area contributed by atoms with Crippen LogP contribution in [0.2, 0.25) is 0 Å². The van der Waals surface area contributed by atoms with Gasteiger partial charge in [0.2, 0.25) is 0 Å². The summed E-state index contributed by atoms with van der Waals surface area (Å²) in [5.74, 6) is 0. The maximum atomic E-state index is 9.65. The molecule has 1 aliphatic heterocycles. The quantitative estimate of drug-likeness (QED) is 0.652. The number of likely N-dealkylation sites (tertiary alicyclic amines) is 1. The van der Waals surface area contributed by atoms with Crippen LogP contribution in [-0.2, 0) is 0 Å². The van der Waals surface area contributed by atoms with Gasteiger partial charge in [0.25, 0.3) is 0 Å². The van der Waals surface area contributed by atoms with E-state index in [4.69, 9.17) is 0 Å². The maximum absolute atomic E-state index is 9.65. The van der Waals surface area contributed by atoms with Crippen molar-refractivity contribution in [1.82, 2.24) is 0 Å². The van der Waals surface area contributed by atoms with Crippen LogP contribution in [0.4, 0.5) is 0 Å². The van der Waals surface area contributed by atoms with E-state index in [-0.39, 0.29) is 6.10 Å². The summed E-state index contributed by atoms with van der Waals surface area (Å²) in [6.07, 6.45) is 6.19. The molecule has 0 radical (unpaired) electrons. The Balaban J connectivity index is 2.42. The van der Waals surface area contributed by atoms with E-state index in [0.29, 0.717) is 0 Å². The second kappa shape index (κ2) is 5.72. The van der Waals surface area contributed by atoms with Crippen molar-refractivity contribution in [2.45, 2.75) is 52.1 Å². The highest BCUT2D eigenvalue weighted by Crippen LogP contribution is 2.22.